The van der Waals surface area contributed by atoms with Crippen LogP contribution in [0, 0.1) is 20.8 Å². The first-order valence-corrected chi connectivity index (χ1v) is 11.5. The first-order valence-electron chi connectivity index (χ1n) is 11.5. The molecule has 34 heavy (non-hydrogen) atoms. The van der Waals surface area contributed by atoms with Crippen molar-refractivity contribution in [3.63, 3.8) is 0 Å². The zero-order chi connectivity index (χ0) is 24.1. The van der Waals surface area contributed by atoms with Crippen LogP contribution in [0.1, 0.15) is 56.9 Å². The van der Waals surface area contributed by atoms with E-state index in [1.165, 1.54) is 5.56 Å². The van der Waals surface area contributed by atoms with Gasteiger partial charge in [-0.1, -0.05) is 43.3 Å². The number of hydrogen-bond donors (Lipinski definition) is 1. The second-order valence-electron chi connectivity index (χ2n) is 8.33. The zero-order valence-corrected chi connectivity index (χ0v) is 20.1. The van der Waals surface area contributed by atoms with Gasteiger partial charge in [0.25, 0.3) is 5.91 Å². The molecule has 5 nitrogen and oxygen atoms in total. The Labute approximate surface area is 200 Å². The highest BCUT2D eigenvalue weighted by molar-refractivity contribution is 6.14. The third kappa shape index (κ3) is 5.31. The lowest BCUT2D eigenvalue weighted by molar-refractivity contribution is 0.0948. The van der Waals surface area contributed by atoms with Crippen LogP contribution in [0.3, 0.4) is 0 Å². The molecule has 172 valence electrons. The number of carbonyl (C=O) groups excluding carboxylic acids is 1. The van der Waals surface area contributed by atoms with Crippen LogP contribution in [0.25, 0.3) is 0 Å². The molecule has 0 unspecified atom stereocenters. The maximum Gasteiger partial charge on any atom is 0.251 e. The van der Waals surface area contributed by atoms with E-state index in [9.17, 15) is 4.79 Å². The van der Waals surface area contributed by atoms with Crippen molar-refractivity contribution in [1.29, 1.82) is 0 Å². The van der Waals surface area contributed by atoms with Gasteiger partial charge in [0.05, 0.1) is 23.6 Å². The van der Waals surface area contributed by atoms with Crippen molar-refractivity contribution < 1.29 is 9.21 Å². The van der Waals surface area contributed by atoms with E-state index in [0.29, 0.717) is 12.1 Å². The SMILES string of the molecule is CCc1ccccc1C(=Nc1cc(C(=O)NCc2ccc(C)o2)ccc1C)c1cccc(C)n1. The minimum absolute atomic E-state index is 0.172. The summed E-state index contributed by atoms with van der Waals surface area (Å²) in [4.78, 5) is 22.7. The predicted octanol–water partition coefficient (Wildman–Crippen LogP) is 6.26. The van der Waals surface area contributed by atoms with Crippen molar-refractivity contribution in [2.45, 2.75) is 40.7 Å². The smallest absolute Gasteiger partial charge is 0.251 e. The summed E-state index contributed by atoms with van der Waals surface area (Å²) in [7, 11) is 0. The number of aryl methyl sites for hydroxylation is 4. The van der Waals surface area contributed by atoms with Crippen molar-refractivity contribution in [3.8, 4) is 0 Å². The molecule has 4 aromatic rings. The van der Waals surface area contributed by atoms with Crippen LogP contribution in [0.2, 0.25) is 0 Å². The van der Waals surface area contributed by atoms with Gasteiger partial charge in [0.1, 0.15) is 11.5 Å². The second kappa shape index (κ2) is 10.3. The molecule has 0 saturated heterocycles. The minimum atomic E-state index is -0.172. The van der Waals surface area contributed by atoms with E-state index >= 15 is 0 Å². The van der Waals surface area contributed by atoms with E-state index in [1.807, 2.05) is 81.4 Å². The number of rotatable bonds is 7. The molecule has 2 aromatic heterocycles. The molecule has 0 aliphatic heterocycles. The Balaban J connectivity index is 1.73. The van der Waals surface area contributed by atoms with E-state index < -0.39 is 0 Å². The summed E-state index contributed by atoms with van der Waals surface area (Å²) >= 11 is 0. The van der Waals surface area contributed by atoms with E-state index in [0.717, 1.165) is 51.9 Å². The van der Waals surface area contributed by atoms with Gasteiger partial charge in [0.15, 0.2) is 0 Å². The second-order valence-corrected chi connectivity index (χ2v) is 8.33. The van der Waals surface area contributed by atoms with Crippen LogP contribution in [0.15, 0.2) is 82.2 Å². The third-order valence-corrected chi connectivity index (χ3v) is 5.71. The number of amides is 1. The highest BCUT2D eigenvalue weighted by Crippen LogP contribution is 2.25. The van der Waals surface area contributed by atoms with Crippen molar-refractivity contribution in [1.82, 2.24) is 10.3 Å². The molecule has 4 rings (SSSR count). The molecule has 5 heteroatoms. The molecular formula is C29H29N3O2. The topological polar surface area (TPSA) is 67.5 Å². The summed E-state index contributed by atoms with van der Waals surface area (Å²) < 4.78 is 5.55. The quantitative estimate of drug-likeness (QED) is 0.337. The standard InChI is InChI=1S/C29H29N3O2/c1-5-22-10-6-7-11-25(22)28(26-12-8-9-20(3)31-26)32-27-17-23(15-13-19(27)2)29(33)30-18-24-16-14-21(4)34-24/h6-17H,5,18H2,1-4H3,(H,30,33). The number of hydrogen-bond acceptors (Lipinski definition) is 4. The number of benzene rings is 2. The summed E-state index contributed by atoms with van der Waals surface area (Å²) in [6.45, 7) is 8.33. The molecule has 2 heterocycles. The Bertz CT molecular complexity index is 1350. The lowest BCUT2D eigenvalue weighted by Crippen LogP contribution is -2.22. The van der Waals surface area contributed by atoms with Gasteiger partial charge in [-0.15, -0.1) is 0 Å². The largest absolute Gasteiger partial charge is 0.465 e. The summed E-state index contributed by atoms with van der Waals surface area (Å²) in [6, 6.07) is 23.6. The predicted molar refractivity (Wildman–Crippen MR) is 136 cm³/mol. The van der Waals surface area contributed by atoms with Crippen LogP contribution in [-0.4, -0.2) is 16.6 Å². The maximum absolute atomic E-state index is 12.8. The molecule has 1 amide bonds. The number of aliphatic imine (C=N–C) groups is 1. The minimum Gasteiger partial charge on any atom is -0.465 e. The number of aromatic nitrogens is 1. The summed E-state index contributed by atoms with van der Waals surface area (Å²) in [5.41, 5.74) is 7.06. The molecule has 0 radical (unpaired) electrons. The zero-order valence-electron chi connectivity index (χ0n) is 20.1. The Morgan fingerprint density at radius 2 is 1.79 bits per heavy atom. The van der Waals surface area contributed by atoms with Crippen molar-refractivity contribution in [3.05, 3.63) is 118 Å². The molecule has 0 saturated carbocycles. The molecule has 1 N–H and O–H groups in total. The van der Waals surface area contributed by atoms with Crippen LogP contribution in [0.4, 0.5) is 5.69 Å². The highest BCUT2D eigenvalue weighted by atomic mass is 16.3. The summed E-state index contributed by atoms with van der Waals surface area (Å²) in [5.74, 6) is 1.37. The molecule has 0 aliphatic rings. The number of pyridine rings is 1. The summed E-state index contributed by atoms with van der Waals surface area (Å²) in [5, 5.41) is 2.92. The number of furan rings is 1. The van der Waals surface area contributed by atoms with Gasteiger partial charge in [-0.05, 0) is 74.7 Å². The van der Waals surface area contributed by atoms with Crippen molar-refractivity contribution >= 4 is 17.3 Å². The molecular weight excluding hydrogens is 422 g/mol. The van der Waals surface area contributed by atoms with Crippen molar-refractivity contribution in [2.75, 3.05) is 0 Å². The first kappa shape index (κ1) is 23.2. The molecule has 0 aliphatic carbocycles. The van der Waals surface area contributed by atoms with E-state index in [-0.39, 0.29) is 5.91 Å². The average molecular weight is 452 g/mol. The molecule has 0 spiro atoms. The summed E-state index contributed by atoms with van der Waals surface area (Å²) in [6.07, 6.45) is 0.884. The van der Waals surface area contributed by atoms with Crippen LogP contribution < -0.4 is 5.32 Å². The fraction of sp³-hybridized carbons (Fsp3) is 0.207. The number of nitrogens with zero attached hydrogens (tertiary/aromatic N) is 2. The lowest BCUT2D eigenvalue weighted by atomic mass is 9.98. The Morgan fingerprint density at radius 3 is 2.53 bits per heavy atom. The van der Waals surface area contributed by atoms with E-state index in [2.05, 4.69) is 24.4 Å². The number of nitrogens with one attached hydrogen (secondary N) is 1. The maximum atomic E-state index is 12.8. The third-order valence-electron chi connectivity index (χ3n) is 5.71. The Hall–Kier alpha value is -3.99. The Kier molecular flexibility index (Phi) is 7.02. The van der Waals surface area contributed by atoms with E-state index in [1.54, 1.807) is 0 Å². The van der Waals surface area contributed by atoms with Crippen LogP contribution in [-0.2, 0) is 13.0 Å². The molecule has 0 fully saturated rings. The van der Waals surface area contributed by atoms with Gasteiger partial charge in [-0.2, -0.15) is 0 Å². The molecule has 0 atom stereocenters. The lowest BCUT2D eigenvalue weighted by Gasteiger charge is -2.13. The average Bonchev–Trinajstić information content (AvgIpc) is 3.27. The van der Waals surface area contributed by atoms with Crippen LogP contribution in [0.5, 0.6) is 0 Å². The van der Waals surface area contributed by atoms with Crippen molar-refractivity contribution in [2.24, 2.45) is 4.99 Å². The Morgan fingerprint density at radius 1 is 0.971 bits per heavy atom. The van der Waals surface area contributed by atoms with Crippen LogP contribution >= 0.6 is 0 Å². The monoisotopic (exact) mass is 451 g/mol. The van der Waals surface area contributed by atoms with E-state index in [4.69, 9.17) is 14.4 Å². The number of carbonyl (C=O) groups is 1. The fourth-order valence-electron chi connectivity index (χ4n) is 3.83. The van der Waals surface area contributed by atoms with Gasteiger partial charge >= 0.3 is 0 Å². The fourth-order valence-corrected chi connectivity index (χ4v) is 3.83. The normalized spacial score (nSPS) is 11.5. The van der Waals surface area contributed by atoms with Gasteiger partial charge in [0.2, 0.25) is 0 Å². The van der Waals surface area contributed by atoms with Gasteiger partial charge in [0, 0.05) is 16.8 Å². The molecule has 0 bridgehead atoms. The first-order chi connectivity index (χ1) is 16.4. The molecule has 2 aromatic carbocycles. The van der Waals surface area contributed by atoms with Gasteiger partial charge in [-0.3, -0.25) is 9.78 Å². The highest BCUT2D eigenvalue weighted by Gasteiger charge is 2.15. The van der Waals surface area contributed by atoms with Gasteiger partial charge < -0.3 is 9.73 Å². The van der Waals surface area contributed by atoms with Gasteiger partial charge in [-0.25, -0.2) is 4.99 Å².